The maximum atomic E-state index is 4.77. The fourth-order valence-corrected chi connectivity index (χ4v) is 2.64. The molecule has 0 aliphatic carbocycles. The zero-order valence-electron chi connectivity index (χ0n) is 13.5. The predicted octanol–water partition coefficient (Wildman–Crippen LogP) is 5.13. The van der Waals surface area contributed by atoms with Gasteiger partial charge in [-0.15, -0.1) is 0 Å². The second kappa shape index (κ2) is 6.22. The highest BCUT2D eigenvalue weighted by molar-refractivity contribution is 5.79. The van der Waals surface area contributed by atoms with E-state index in [0.717, 1.165) is 30.1 Å². The van der Waals surface area contributed by atoms with Crippen LogP contribution >= 0.6 is 0 Å². The van der Waals surface area contributed by atoms with Crippen molar-refractivity contribution in [3.63, 3.8) is 0 Å². The second-order valence-electron chi connectivity index (χ2n) is 6.25. The fourth-order valence-electron chi connectivity index (χ4n) is 2.64. The molecule has 1 heterocycles. The van der Waals surface area contributed by atoms with Gasteiger partial charge in [-0.1, -0.05) is 38.1 Å². The monoisotopic (exact) mass is 293 g/mol. The van der Waals surface area contributed by atoms with Crippen molar-refractivity contribution in [2.45, 2.75) is 33.7 Å². The molecular formula is C19H23N3. The van der Waals surface area contributed by atoms with E-state index in [1.807, 2.05) is 6.07 Å². The van der Waals surface area contributed by atoms with E-state index >= 15 is 0 Å². The van der Waals surface area contributed by atoms with Gasteiger partial charge in [-0.25, -0.2) is 4.98 Å². The van der Waals surface area contributed by atoms with Crippen molar-refractivity contribution in [3.05, 3.63) is 54.1 Å². The van der Waals surface area contributed by atoms with Crippen LogP contribution in [0.5, 0.6) is 0 Å². The maximum Gasteiger partial charge on any atom is 0.208 e. The quantitative estimate of drug-likeness (QED) is 0.706. The van der Waals surface area contributed by atoms with Gasteiger partial charge in [-0.2, -0.15) is 0 Å². The smallest absolute Gasteiger partial charge is 0.208 e. The van der Waals surface area contributed by atoms with Gasteiger partial charge < -0.3 is 9.88 Å². The third kappa shape index (κ3) is 3.14. The van der Waals surface area contributed by atoms with E-state index in [0.29, 0.717) is 5.92 Å². The van der Waals surface area contributed by atoms with Crippen LogP contribution in [0.4, 0.5) is 11.6 Å². The van der Waals surface area contributed by atoms with Crippen molar-refractivity contribution in [1.82, 2.24) is 9.55 Å². The molecule has 0 unspecified atom stereocenters. The molecule has 1 N–H and O–H groups in total. The number of hydrogen-bond donors (Lipinski definition) is 1. The van der Waals surface area contributed by atoms with Crippen LogP contribution in [0.3, 0.4) is 0 Å². The summed E-state index contributed by atoms with van der Waals surface area (Å²) in [5.74, 6) is 1.60. The van der Waals surface area contributed by atoms with Gasteiger partial charge in [0.1, 0.15) is 0 Å². The zero-order valence-corrected chi connectivity index (χ0v) is 13.5. The zero-order chi connectivity index (χ0) is 15.5. The highest BCUT2D eigenvalue weighted by Gasteiger charge is 2.11. The van der Waals surface area contributed by atoms with Gasteiger partial charge in [-0.3, -0.25) is 0 Å². The average molecular weight is 293 g/mol. The summed E-state index contributed by atoms with van der Waals surface area (Å²) in [5.41, 5.74) is 4.57. The summed E-state index contributed by atoms with van der Waals surface area (Å²) in [6.45, 7) is 7.60. The third-order valence-corrected chi connectivity index (χ3v) is 3.86. The summed E-state index contributed by atoms with van der Waals surface area (Å²) in [7, 11) is 0. The third-order valence-electron chi connectivity index (χ3n) is 3.86. The van der Waals surface area contributed by atoms with Crippen LogP contribution in [0.1, 0.15) is 25.8 Å². The van der Waals surface area contributed by atoms with Gasteiger partial charge in [-0.05, 0) is 49.1 Å². The molecule has 0 radical (unpaired) electrons. The number of rotatable bonds is 5. The molecule has 0 saturated carbocycles. The molecule has 0 fully saturated rings. The Bertz CT molecular complexity index is 771. The molecule has 0 saturated heterocycles. The van der Waals surface area contributed by atoms with Crippen molar-refractivity contribution in [3.8, 4) is 0 Å². The first kappa shape index (κ1) is 14.6. The van der Waals surface area contributed by atoms with Crippen LogP contribution in [0.25, 0.3) is 11.0 Å². The number of para-hydroxylation sites is 2. The Balaban J connectivity index is 1.98. The van der Waals surface area contributed by atoms with Gasteiger partial charge in [0.15, 0.2) is 0 Å². The molecule has 114 valence electrons. The van der Waals surface area contributed by atoms with E-state index in [9.17, 15) is 0 Å². The second-order valence-corrected chi connectivity index (χ2v) is 6.25. The van der Waals surface area contributed by atoms with Crippen LogP contribution in [0.15, 0.2) is 48.5 Å². The number of aryl methyl sites for hydroxylation is 2. The number of aromatic nitrogens is 2. The minimum atomic E-state index is 0.674. The highest BCUT2D eigenvalue weighted by atomic mass is 15.2. The summed E-state index contributed by atoms with van der Waals surface area (Å²) in [5, 5.41) is 3.48. The lowest BCUT2D eigenvalue weighted by atomic mass is 10.1. The van der Waals surface area contributed by atoms with E-state index in [2.05, 4.69) is 73.1 Å². The Labute approximate surface area is 132 Å². The van der Waals surface area contributed by atoms with Gasteiger partial charge in [0.2, 0.25) is 5.95 Å². The summed E-state index contributed by atoms with van der Waals surface area (Å²) in [6, 6.07) is 16.7. The normalized spacial score (nSPS) is 11.3. The first-order valence-electron chi connectivity index (χ1n) is 7.92. The molecule has 0 spiro atoms. The molecule has 3 heteroatoms. The highest BCUT2D eigenvalue weighted by Crippen LogP contribution is 2.24. The maximum absolute atomic E-state index is 4.77. The van der Waals surface area contributed by atoms with Crippen LogP contribution in [0, 0.1) is 12.8 Å². The Morgan fingerprint density at radius 3 is 2.68 bits per heavy atom. The van der Waals surface area contributed by atoms with Gasteiger partial charge in [0.25, 0.3) is 0 Å². The van der Waals surface area contributed by atoms with Crippen molar-refractivity contribution >= 4 is 22.7 Å². The largest absolute Gasteiger partial charge is 0.326 e. The van der Waals surface area contributed by atoms with E-state index in [-0.39, 0.29) is 0 Å². The predicted molar refractivity (Wildman–Crippen MR) is 93.6 cm³/mol. The van der Waals surface area contributed by atoms with Crippen molar-refractivity contribution in [1.29, 1.82) is 0 Å². The summed E-state index contributed by atoms with van der Waals surface area (Å²) in [6.07, 6.45) is 1.14. The van der Waals surface area contributed by atoms with E-state index in [1.54, 1.807) is 0 Å². The molecule has 3 rings (SSSR count). The van der Waals surface area contributed by atoms with Crippen molar-refractivity contribution in [2.75, 3.05) is 5.32 Å². The Kier molecular flexibility index (Phi) is 4.14. The van der Waals surface area contributed by atoms with Crippen LogP contribution in [-0.4, -0.2) is 9.55 Å². The molecule has 3 nitrogen and oxygen atoms in total. The number of benzene rings is 2. The lowest BCUT2D eigenvalue weighted by Gasteiger charge is -2.12. The van der Waals surface area contributed by atoms with E-state index in [1.165, 1.54) is 11.1 Å². The topological polar surface area (TPSA) is 29.9 Å². The van der Waals surface area contributed by atoms with Gasteiger partial charge in [0, 0.05) is 12.2 Å². The minimum Gasteiger partial charge on any atom is -0.326 e. The SMILES string of the molecule is Cc1cccc(Nc2nc3ccccc3n2CCC(C)C)c1. The molecule has 0 bridgehead atoms. The molecule has 0 amide bonds. The van der Waals surface area contributed by atoms with E-state index < -0.39 is 0 Å². The molecule has 22 heavy (non-hydrogen) atoms. The summed E-state index contributed by atoms with van der Waals surface area (Å²) < 4.78 is 2.29. The van der Waals surface area contributed by atoms with Crippen LogP contribution in [0.2, 0.25) is 0 Å². The molecule has 1 aromatic heterocycles. The van der Waals surface area contributed by atoms with Crippen molar-refractivity contribution < 1.29 is 0 Å². The fraction of sp³-hybridized carbons (Fsp3) is 0.316. The Morgan fingerprint density at radius 2 is 1.91 bits per heavy atom. The minimum absolute atomic E-state index is 0.674. The van der Waals surface area contributed by atoms with Gasteiger partial charge in [0.05, 0.1) is 11.0 Å². The summed E-state index contributed by atoms with van der Waals surface area (Å²) >= 11 is 0. The lowest BCUT2D eigenvalue weighted by molar-refractivity contribution is 0.526. The number of imidazole rings is 1. The number of fused-ring (bicyclic) bond motifs is 1. The number of hydrogen-bond acceptors (Lipinski definition) is 2. The Morgan fingerprint density at radius 1 is 1.09 bits per heavy atom. The van der Waals surface area contributed by atoms with Crippen LogP contribution in [-0.2, 0) is 6.54 Å². The summed E-state index contributed by atoms with van der Waals surface area (Å²) in [4.78, 5) is 4.77. The number of anilines is 2. The number of nitrogens with one attached hydrogen (secondary N) is 1. The first-order chi connectivity index (χ1) is 10.6. The number of nitrogens with zero attached hydrogens (tertiary/aromatic N) is 2. The van der Waals surface area contributed by atoms with E-state index in [4.69, 9.17) is 4.98 Å². The van der Waals surface area contributed by atoms with Gasteiger partial charge >= 0.3 is 0 Å². The van der Waals surface area contributed by atoms with Crippen molar-refractivity contribution in [2.24, 2.45) is 5.92 Å². The first-order valence-corrected chi connectivity index (χ1v) is 7.92. The molecule has 3 aromatic rings. The molecule has 0 atom stereocenters. The Hall–Kier alpha value is -2.29. The molecular weight excluding hydrogens is 270 g/mol. The molecule has 2 aromatic carbocycles. The standard InChI is InChI=1S/C19H23N3/c1-14(2)11-12-22-18-10-5-4-9-17(18)21-19(22)20-16-8-6-7-15(3)13-16/h4-10,13-14H,11-12H2,1-3H3,(H,20,21). The average Bonchev–Trinajstić information content (AvgIpc) is 2.82. The molecule has 0 aliphatic heterocycles. The lowest BCUT2D eigenvalue weighted by Crippen LogP contribution is -2.06. The molecule has 0 aliphatic rings. The van der Waals surface area contributed by atoms with Crippen LogP contribution < -0.4 is 5.32 Å².